The lowest BCUT2D eigenvalue weighted by Gasteiger charge is -2.21. The molecular weight excluding hydrogens is 234 g/mol. The third-order valence-electron chi connectivity index (χ3n) is 4.05. The van der Waals surface area contributed by atoms with Gasteiger partial charge in [0.2, 0.25) is 5.91 Å². The molecule has 0 radical (unpaired) electrons. The predicted octanol–water partition coefficient (Wildman–Crippen LogP) is 1.17. The summed E-state index contributed by atoms with van der Waals surface area (Å²) < 4.78 is 5.53. The average molecular weight is 255 g/mol. The number of carbonyl (C=O) groups excluding carboxylic acids is 1. The van der Waals surface area contributed by atoms with Gasteiger partial charge >= 0.3 is 5.97 Å². The second-order valence-electron chi connectivity index (χ2n) is 5.39. The topological polar surface area (TPSA) is 75.6 Å². The van der Waals surface area contributed by atoms with Crippen molar-refractivity contribution in [3.05, 3.63) is 0 Å². The van der Waals surface area contributed by atoms with Gasteiger partial charge in [-0.1, -0.05) is 0 Å². The fourth-order valence-corrected chi connectivity index (χ4v) is 2.88. The van der Waals surface area contributed by atoms with E-state index in [-0.39, 0.29) is 29.9 Å². The van der Waals surface area contributed by atoms with Crippen molar-refractivity contribution in [1.29, 1.82) is 0 Å². The molecule has 0 aromatic rings. The molecule has 18 heavy (non-hydrogen) atoms. The Balaban J connectivity index is 1.79. The van der Waals surface area contributed by atoms with Gasteiger partial charge in [-0.15, -0.1) is 0 Å². The summed E-state index contributed by atoms with van der Waals surface area (Å²) >= 11 is 0. The Bertz CT molecular complexity index is 325. The lowest BCUT2D eigenvalue weighted by molar-refractivity contribution is -0.141. The quantitative estimate of drug-likeness (QED) is 0.790. The zero-order chi connectivity index (χ0) is 13.1. The van der Waals surface area contributed by atoms with Crippen molar-refractivity contribution in [2.24, 2.45) is 11.8 Å². The Morgan fingerprint density at radius 3 is 2.56 bits per heavy atom. The molecule has 0 spiro atoms. The molecule has 5 heteroatoms. The van der Waals surface area contributed by atoms with Crippen LogP contribution in [0.1, 0.15) is 39.0 Å². The second-order valence-corrected chi connectivity index (χ2v) is 5.39. The zero-order valence-corrected chi connectivity index (χ0v) is 10.7. The van der Waals surface area contributed by atoms with E-state index in [4.69, 9.17) is 9.84 Å². The Morgan fingerprint density at radius 2 is 2.00 bits per heavy atom. The van der Waals surface area contributed by atoms with Crippen LogP contribution < -0.4 is 5.32 Å². The highest BCUT2D eigenvalue weighted by molar-refractivity contribution is 5.81. The van der Waals surface area contributed by atoms with Gasteiger partial charge in [-0.25, -0.2) is 0 Å². The molecule has 2 aliphatic rings. The normalized spacial score (nSPS) is 33.3. The van der Waals surface area contributed by atoms with Crippen LogP contribution in [-0.4, -0.2) is 35.7 Å². The zero-order valence-electron chi connectivity index (χ0n) is 10.7. The molecular formula is C13H21NO4. The van der Waals surface area contributed by atoms with Gasteiger partial charge in [-0.3, -0.25) is 9.59 Å². The fraction of sp³-hybridized carbons (Fsp3) is 0.846. The van der Waals surface area contributed by atoms with E-state index in [9.17, 15) is 9.59 Å². The van der Waals surface area contributed by atoms with Crippen LogP contribution in [0, 0.1) is 11.8 Å². The number of nitrogens with one attached hydrogen (secondary N) is 1. The van der Waals surface area contributed by atoms with E-state index in [0.29, 0.717) is 19.3 Å². The molecule has 1 aliphatic carbocycles. The minimum atomic E-state index is -0.780. The maximum absolute atomic E-state index is 12.0. The van der Waals surface area contributed by atoms with Gasteiger partial charge in [0.25, 0.3) is 0 Å². The average Bonchev–Trinajstić information content (AvgIpc) is 3.00. The Hall–Kier alpha value is -1.10. The highest BCUT2D eigenvalue weighted by Gasteiger charge is 2.35. The van der Waals surface area contributed by atoms with Crippen LogP contribution >= 0.6 is 0 Å². The summed E-state index contributed by atoms with van der Waals surface area (Å²) in [6, 6.07) is 0.0175. The lowest BCUT2D eigenvalue weighted by Crippen LogP contribution is -2.43. The maximum atomic E-state index is 12.0. The molecule has 2 rings (SSSR count). The number of carboxylic acids is 1. The Kier molecular flexibility index (Phi) is 4.22. The molecule has 0 aromatic carbocycles. The number of aliphatic carboxylic acids is 1. The molecule has 0 bridgehead atoms. The van der Waals surface area contributed by atoms with Crippen molar-refractivity contribution in [2.45, 2.75) is 51.2 Å². The third kappa shape index (κ3) is 3.02. The van der Waals surface area contributed by atoms with E-state index in [1.807, 2.05) is 6.92 Å². The smallest absolute Gasteiger partial charge is 0.306 e. The number of ether oxygens (including phenoxy) is 1. The molecule has 4 unspecified atom stereocenters. The van der Waals surface area contributed by atoms with Crippen molar-refractivity contribution in [3.8, 4) is 0 Å². The van der Waals surface area contributed by atoms with Gasteiger partial charge in [0, 0.05) is 12.5 Å². The minimum absolute atomic E-state index is 0.0123. The largest absolute Gasteiger partial charge is 0.481 e. The SMILES string of the molecule is CC(NC(=O)C1CCC(C(=O)O)C1)C1CCCO1. The van der Waals surface area contributed by atoms with Crippen LogP contribution in [0.15, 0.2) is 0 Å². The molecule has 1 aliphatic heterocycles. The number of hydrogen-bond acceptors (Lipinski definition) is 3. The molecule has 0 aromatic heterocycles. The molecule has 102 valence electrons. The van der Waals surface area contributed by atoms with E-state index < -0.39 is 5.97 Å². The molecule has 5 nitrogen and oxygen atoms in total. The molecule has 4 atom stereocenters. The second kappa shape index (κ2) is 5.69. The van der Waals surface area contributed by atoms with Crippen LogP contribution in [0.4, 0.5) is 0 Å². The van der Waals surface area contributed by atoms with Crippen LogP contribution in [-0.2, 0) is 14.3 Å². The summed E-state index contributed by atoms with van der Waals surface area (Å²) in [6.07, 6.45) is 3.92. The van der Waals surface area contributed by atoms with Crippen molar-refractivity contribution in [3.63, 3.8) is 0 Å². The summed E-state index contributed by atoms with van der Waals surface area (Å²) in [4.78, 5) is 22.9. The maximum Gasteiger partial charge on any atom is 0.306 e. The first kappa shape index (κ1) is 13.3. The van der Waals surface area contributed by atoms with Gasteiger partial charge in [-0.2, -0.15) is 0 Å². The van der Waals surface area contributed by atoms with Gasteiger partial charge in [-0.05, 0) is 39.0 Å². The van der Waals surface area contributed by atoms with E-state index in [2.05, 4.69) is 5.32 Å². The molecule has 1 amide bonds. The van der Waals surface area contributed by atoms with Gasteiger partial charge in [0.05, 0.1) is 18.1 Å². The number of amides is 1. The van der Waals surface area contributed by atoms with Crippen LogP contribution in [0.2, 0.25) is 0 Å². The first-order chi connectivity index (χ1) is 8.58. The van der Waals surface area contributed by atoms with Gasteiger partial charge in [0.15, 0.2) is 0 Å². The van der Waals surface area contributed by atoms with Crippen molar-refractivity contribution < 1.29 is 19.4 Å². The first-order valence-corrected chi connectivity index (χ1v) is 6.72. The minimum Gasteiger partial charge on any atom is -0.481 e. The predicted molar refractivity (Wildman–Crippen MR) is 65.0 cm³/mol. The Labute approximate surface area is 107 Å². The standard InChI is InChI=1S/C13H21NO4/c1-8(11-3-2-6-18-11)14-12(15)9-4-5-10(7-9)13(16)17/h8-11H,2-7H2,1H3,(H,14,15)(H,16,17). The van der Waals surface area contributed by atoms with Crippen LogP contribution in [0.3, 0.4) is 0 Å². The van der Waals surface area contributed by atoms with E-state index in [1.165, 1.54) is 0 Å². The van der Waals surface area contributed by atoms with Gasteiger partial charge < -0.3 is 15.2 Å². The highest BCUT2D eigenvalue weighted by atomic mass is 16.5. The lowest BCUT2D eigenvalue weighted by atomic mass is 10.0. The Morgan fingerprint density at radius 1 is 1.28 bits per heavy atom. The van der Waals surface area contributed by atoms with E-state index >= 15 is 0 Å². The fourth-order valence-electron chi connectivity index (χ4n) is 2.88. The highest BCUT2D eigenvalue weighted by Crippen LogP contribution is 2.31. The summed E-state index contributed by atoms with van der Waals surface area (Å²) in [6.45, 7) is 2.73. The summed E-state index contributed by atoms with van der Waals surface area (Å²) in [5, 5.41) is 11.9. The number of carbonyl (C=O) groups is 2. The van der Waals surface area contributed by atoms with Crippen LogP contribution in [0.5, 0.6) is 0 Å². The van der Waals surface area contributed by atoms with E-state index in [0.717, 1.165) is 19.4 Å². The summed E-state index contributed by atoms with van der Waals surface area (Å²) in [7, 11) is 0. The monoisotopic (exact) mass is 255 g/mol. The first-order valence-electron chi connectivity index (χ1n) is 6.72. The number of rotatable bonds is 4. The van der Waals surface area contributed by atoms with Crippen LogP contribution in [0.25, 0.3) is 0 Å². The van der Waals surface area contributed by atoms with Gasteiger partial charge in [0.1, 0.15) is 0 Å². The number of carboxylic acid groups (broad SMARTS) is 1. The molecule has 1 saturated heterocycles. The summed E-state index contributed by atoms with van der Waals surface area (Å²) in [5.74, 6) is -1.28. The summed E-state index contributed by atoms with van der Waals surface area (Å²) in [5.41, 5.74) is 0. The molecule has 1 heterocycles. The van der Waals surface area contributed by atoms with Crippen molar-refractivity contribution >= 4 is 11.9 Å². The van der Waals surface area contributed by atoms with E-state index in [1.54, 1.807) is 0 Å². The molecule has 2 fully saturated rings. The third-order valence-corrected chi connectivity index (χ3v) is 4.05. The molecule has 1 saturated carbocycles. The number of hydrogen-bond donors (Lipinski definition) is 2. The molecule has 2 N–H and O–H groups in total. The van der Waals surface area contributed by atoms with Crippen molar-refractivity contribution in [1.82, 2.24) is 5.32 Å². The van der Waals surface area contributed by atoms with Crippen molar-refractivity contribution in [2.75, 3.05) is 6.61 Å².